The lowest BCUT2D eigenvalue weighted by Crippen LogP contribution is -2.58. The van der Waals surface area contributed by atoms with E-state index in [0.717, 1.165) is 6.54 Å². The molecule has 7 nitrogen and oxygen atoms in total. The van der Waals surface area contributed by atoms with Gasteiger partial charge in [-0.05, 0) is 51.0 Å². The van der Waals surface area contributed by atoms with Gasteiger partial charge in [0.05, 0.1) is 11.6 Å². The molecule has 2 atom stereocenters. The third kappa shape index (κ3) is 4.61. The lowest BCUT2D eigenvalue weighted by atomic mass is 9.92. The fourth-order valence-electron chi connectivity index (χ4n) is 5.35. The van der Waals surface area contributed by atoms with E-state index in [1.54, 1.807) is 19.2 Å². The Kier molecular flexibility index (Phi) is 6.53. The van der Waals surface area contributed by atoms with Crippen molar-refractivity contribution in [1.82, 2.24) is 19.4 Å². The van der Waals surface area contributed by atoms with Gasteiger partial charge in [0.15, 0.2) is 5.82 Å². The molecule has 0 saturated carbocycles. The fourth-order valence-corrected chi connectivity index (χ4v) is 5.35. The van der Waals surface area contributed by atoms with E-state index in [2.05, 4.69) is 102 Å². The van der Waals surface area contributed by atoms with Gasteiger partial charge in [-0.15, -0.1) is 0 Å². The minimum atomic E-state index is -0.325. The molecule has 37 heavy (non-hydrogen) atoms. The molecular formula is C30H32N6O. The van der Waals surface area contributed by atoms with Gasteiger partial charge in [-0.1, -0.05) is 59.7 Å². The number of nitriles is 1. The highest BCUT2D eigenvalue weighted by Crippen LogP contribution is 2.35. The normalized spacial score (nSPS) is 18.4. The SMILES string of the molecule is Cc1ccc(C(c2ccc(C)cc2)N2C[C@H](C)N(c3nc(=O)n(C)c4ccc(C#N)nc34)C[C@H]2C)cc1. The van der Waals surface area contributed by atoms with Gasteiger partial charge in [-0.25, -0.2) is 9.78 Å². The average Bonchev–Trinajstić information content (AvgIpc) is 2.90. The topological polar surface area (TPSA) is 78.0 Å². The van der Waals surface area contributed by atoms with Crippen LogP contribution < -0.4 is 10.6 Å². The van der Waals surface area contributed by atoms with Crippen LogP contribution in [-0.4, -0.2) is 44.6 Å². The molecule has 0 spiro atoms. The van der Waals surface area contributed by atoms with Crippen molar-refractivity contribution in [2.45, 2.75) is 45.8 Å². The van der Waals surface area contributed by atoms with Gasteiger partial charge < -0.3 is 4.90 Å². The summed E-state index contributed by atoms with van der Waals surface area (Å²) in [7, 11) is 1.69. The summed E-state index contributed by atoms with van der Waals surface area (Å²) in [5, 5.41) is 9.44. The summed E-state index contributed by atoms with van der Waals surface area (Å²) in [6.07, 6.45) is 0. The molecule has 0 unspecified atom stereocenters. The van der Waals surface area contributed by atoms with Crippen LogP contribution in [0.4, 0.5) is 5.82 Å². The molecule has 1 aliphatic rings. The largest absolute Gasteiger partial charge is 0.349 e. The van der Waals surface area contributed by atoms with Gasteiger partial charge in [0.1, 0.15) is 17.3 Å². The monoisotopic (exact) mass is 492 g/mol. The first kappa shape index (κ1) is 24.7. The highest BCUT2D eigenvalue weighted by molar-refractivity contribution is 5.86. The lowest BCUT2D eigenvalue weighted by molar-refractivity contribution is 0.129. The quantitative estimate of drug-likeness (QED) is 0.417. The first-order chi connectivity index (χ1) is 17.8. The standard InChI is InChI=1S/C30H32N6O/c1-19-6-10-23(11-7-19)28(24-12-8-20(2)9-13-24)35-17-22(4)36(18-21(35)3)29-27-26(34(5)30(37)33-29)15-14-25(16-31)32-27/h6-15,21-22,28H,17-18H2,1-5H3/t21-,22+/m1/s1. The molecule has 0 aliphatic carbocycles. The molecule has 7 heteroatoms. The van der Waals surface area contributed by atoms with Crippen molar-refractivity contribution in [2.24, 2.45) is 7.05 Å². The number of aromatic nitrogens is 3. The van der Waals surface area contributed by atoms with Crippen molar-refractivity contribution >= 4 is 16.9 Å². The zero-order valence-corrected chi connectivity index (χ0v) is 22.0. The molecule has 2 aromatic heterocycles. The summed E-state index contributed by atoms with van der Waals surface area (Å²) in [5.41, 5.74) is 6.26. The van der Waals surface area contributed by atoms with Crippen LogP contribution in [0.1, 0.15) is 47.8 Å². The lowest BCUT2D eigenvalue weighted by Gasteiger charge is -2.48. The fraction of sp³-hybridized carbons (Fsp3) is 0.333. The third-order valence-electron chi connectivity index (χ3n) is 7.47. The number of anilines is 1. The van der Waals surface area contributed by atoms with Gasteiger partial charge in [-0.3, -0.25) is 9.47 Å². The Balaban J connectivity index is 1.55. The highest BCUT2D eigenvalue weighted by Gasteiger charge is 2.36. The van der Waals surface area contributed by atoms with Crippen LogP contribution in [0, 0.1) is 25.2 Å². The highest BCUT2D eigenvalue weighted by atomic mass is 16.1. The van der Waals surface area contributed by atoms with Crippen molar-refractivity contribution in [3.63, 3.8) is 0 Å². The number of hydrogen-bond acceptors (Lipinski definition) is 6. The van der Waals surface area contributed by atoms with E-state index >= 15 is 0 Å². The zero-order chi connectivity index (χ0) is 26.3. The van der Waals surface area contributed by atoms with E-state index in [9.17, 15) is 10.1 Å². The van der Waals surface area contributed by atoms with Crippen molar-refractivity contribution in [3.05, 3.63) is 99.1 Å². The maximum Gasteiger partial charge on any atom is 0.349 e. The molecule has 2 aromatic carbocycles. The maximum absolute atomic E-state index is 12.8. The zero-order valence-electron chi connectivity index (χ0n) is 22.0. The number of piperazine rings is 1. The number of aryl methyl sites for hydroxylation is 3. The molecule has 1 saturated heterocycles. The molecule has 0 amide bonds. The Morgan fingerprint density at radius 2 is 1.46 bits per heavy atom. The minimum absolute atomic E-state index is 0.0740. The Hall–Kier alpha value is -4.02. The van der Waals surface area contributed by atoms with E-state index in [-0.39, 0.29) is 23.8 Å². The van der Waals surface area contributed by atoms with Crippen molar-refractivity contribution in [3.8, 4) is 6.07 Å². The van der Waals surface area contributed by atoms with E-state index < -0.39 is 0 Å². The summed E-state index contributed by atoms with van der Waals surface area (Å²) in [6, 6.07) is 23.5. The average molecular weight is 493 g/mol. The Morgan fingerprint density at radius 3 is 2.03 bits per heavy atom. The van der Waals surface area contributed by atoms with Crippen LogP contribution in [0.15, 0.2) is 65.5 Å². The summed E-state index contributed by atoms with van der Waals surface area (Å²) >= 11 is 0. The number of fused-ring (bicyclic) bond motifs is 1. The summed E-state index contributed by atoms with van der Waals surface area (Å²) in [4.78, 5) is 26.5. The van der Waals surface area contributed by atoms with Crippen LogP contribution in [0.25, 0.3) is 11.0 Å². The molecule has 1 fully saturated rings. The Labute approximate surface area is 217 Å². The summed E-state index contributed by atoms with van der Waals surface area (Å²) in [5.74, 6) is 0.552. The third-order valence-corrected chi connectivity index (χ3v) is 7.47. The number of benzene rings is 2. The summed E-state index contributed by atoms with van der Waals surface area (Å²) < 4.78 is 1.49. The van der Waals surface area contributed by atoms with Crippen molar-refractivity contribution < 1.29 is 0 Å². The predicted octanol–water partition coefficient (Wildman–Crippen LogP) is 4.51. The van der Waals surface area contributed by atoms with Gasteiger partial charge in [0, 0.05) is 32.2 Å². The van der Waals surface area contributed by atoms with Crippen LogP contribution in [0.2, 0.25) is 0 Å². The molecule has 0 N–H and O–H groups in total. The summed E-state index contributed by atoms with van der Waals surface area (Å²) in [6.45, 7) is 10.1. The number of nitrogens with zero attached hydrogens (tertiary/aromatic N) is 6. The van der Waals surface area contributed by atoms with Crippen LogP contribution in [0.5, 0.6) is 0 Å². The first-order valence-corrected chi connectivity index (χ1v) is 12.7. The van der Waals surface area contributed by atoms with Crippen molar-refractivity contribution in [2.75, 3.05) is 18.0 Å². The molecule has 3 heterocycles. The number of hydrogen-bond donors (Lipinski definition) is 0. The molecule has 188 valence electrons. The van der Waals surface area contributed by atoms with Crippen LogP contribution >= 0.6 is 0 Å². The van der Waals surface area contributed by atoms with Gasteiger partial charge in [0.2, 0.25) is 0 Å². The number of rotatable bonds is 4. The molecule has 0 bridgehead atoms. The second-order valence-electron chi connectivity index (χ2n) is 10.2. The van der Waals surface area contributed by atoms with E-state index in [0.29, 0.717) is 29.1 Å². The van der Waals surface area contributed by atoms with Gasteiger partial charge >= 0.3 is 5.69 Å². The molecule has 4 aromatic rings. The Morgan fingerprint density at radius 1 is 0.865 bits per heavy atom. The molecule has 5 rings (SSSR count). The Bertz CT molecular complexity index is 1490. The van der Waals surface area contributed by atoms with E-state index in [1.165, 1.54) is 26.8 Å². The smallest absolute Gasteiger partial charge is 0.349 e. The molecular weight excluding hydrogens is 460 g/mol. The second-order valence-corrected chi connectivity index (χ2v) is 10.2. The number of pyridine rings is 1. The van der Waals surface area contributed by atoms with Gasteiger partial charge in [-0.2, -0.15) is 10.2 Å². The van der Waals surface area contributed by atoms with Crippen LogP contribution in [-0.2, 0) is 7.05 Å². The minimum Gasteiger partial charge on any atom is -0.349 e. The first-order valence-electron chi connectivity index (χ1n) is 12.7. The van der Waals surface area contributed by atoms with Gasteiger partial charge in [0.25, 0.3) is 0 Å². The molecule has 0 radical (unpaired) electrons. The molecule has 1 aliphatic heterocycles. The predicted molar refractivity (Wildman–Crippen MR) is 147 cm³/mol. The van der Waals surface area contributed by atoms with E-state index in [1.807, 2.05) is 0 Å². The van der Waals surface area contributed by atoms with Crippen molar-refractivity contribution in [1.29, 1.82) is 5.26 Å². The van der Waals surface area contributed by atoms with E-state index in [4.69, 9.17) is 0 Å². The second kappa shape index (κ2) is 9.79. The van der Waals surface area contributed by atoms with Crippen LogP contribution in [0.3, 0.4) is 0 Å². The maximum atomic E-state index is 12.8.